The number of rotatable bonds is 4. The third-order valence-corrected chi connectivity index (χ3v) is 1.56. The summed E-state index contributed by atoms with van der Waals surface area (Å²) in [6, 6.07) is 2.80. The number of pyridine rings is 1. The Morgan fingerprint density at radius 3 is 2.87 bits per heavy atom. The summed E-state index contributed by atoms with van der Waals surface area (Å²) in [6.07, 6.45) is 1.37. The molecule has 0 saturated carbocycles. The number of methoxy groups -OCH3 is 1. The van der Waals surface area contributed by atoms with Crippen LogP contribution in [0.3, 0.4) is 0 Å². The Morgan fingerprint density at radius 2 is 2.27 bits per heavy atom. The van der Waals surface area contributed by atoms with Gasteiger partial charge in [-0.05, 0) is 12.1 Å². The standard InChI is InChI=1S/C9H9NO5/c1-14-7(11)5-15-8-6(9(12)13)3-2-4-10-8/h2-4H,5H2,1H3,(H,12,13). The highest BCUT2D eigenvalue weighted by Crippen LogP contribution is 2.13. The first-order valence-corrected chi connectivity index (χ1v) is 4.03. The summed E-state index contributed by atoms with van der Waals surface area (Å²) in [4.78, 5) is 25.1. The van der Waals surface area contributed by atoms with E-state index in [1.54, 1.807) is 0 Å². The van der Waals surface area contributed by atoms with Crippen LogP contribution < -0.4 is 4.74 Å². The number of carbonyl (C=O) groups excluding carboxylic acids is 1. The molecule has 0 unspecified atom stereocenters. The first-order chi connectivity index (χ1) is 7.15. The van der Waals surface area contributed by atoms with Gasteiger partial charge in [-0.25, -0.2) is 14.6 Å². The minimum Gasteiger partial charge on any atom is -0.477 e. The van der Waals surface area contributed by atoms with Gasteiger partial charge in [-0.2, -0.15) is 0 Å². The third-order valence-electron chi connectivity index (χ3n) is 1.56. The van der Waals surface area contributed by atoms with Crippen LogP contribution in [-0.2, 0) is 9.53 Å². The molecule has 0 aliphatic carbocycles. The van der Waals surface area contributed by atoms with E-state index in [2.05, 4.69) is 9.72 Å². The van der Waals surface area contributed by atoms with Crippen molar-refractivity contribution in [1.29, 1.82) is 0 Å². The second-order valence-electron chi connectivity index (χ2n) is 2.53. The molecule has 1 rings (SSSR count). The number of hydrogen-bond acceptors (Lipinski definition) is 5. The Labute approximate surface area is 85.5 Å². The maximum absolute atomic E-state index is 10.7. The summed E-state index contributed by atoms with van der Waals surface area (Å²) >= 11 is 0. The highest BCUT2D eigenvalue weighted by Gasteiger charge is 2.13. The van der Waals surface area contributed by atoms with Crippen LogP contribution in [-0.4, -0.2) is 35.7 Å². The number of aromatic nitrogens is 1. The van der Waals surface area contributed by atoms with Gasteiger partial charge in [0.25, 0.3) is 0 Å². The molecule has 80 valence electrons. The number of nitrogens with zero attached hydrogens (tertiary/aromatic N) is 1. The summed E-state index contributed by atoms with van der Waals surface area (Å²) < 4.78 is 9.22. The van der Waals surface area contributed by atoms with Crippen molar-refractivity contribution in [2.45, 2.75) is 0 Å². The number of esters is 1. The average Bonchev–Trinajstić information content (AvgIpc) is 2.26. The summed E-state index contributed by atoms with van der Waals surface area (Å²) in [6.45, 7) is -0.367. The molecule has 0 radical (unpaired) electrons. The van der Waals surface area contributed by atoms with E-state index in [0.29, 0.717) is 0 Å². The van der Waals surface area contributed by atoms with Gasteiger partial charge in [0.15, 0.2) is 6.61 Å². The fraction of sp³-hybridized carbons (Fsp3) is 0.222. The predicted octanol–water partition coefficient (Wildman–Crippen LogP) is 0.332. The van der Waals surface area contributed by atoms with Crippen molar-refractivity contribution in [2.24, 2.45) is 0 Å². The lowest BCUT2D eigenvalue weighted by atomic mass is 10.3. The van der Waals surface area contributed by atoms with Gasteiger partial charge < -0.3 is 14.6 Å². The number of aromatic carboxylic acids is 1. The van der Waals surface area contributed by atoms with Crippen LogP contribution in [0.1, 0.15) is 10.4 Å². The SMILES string of the molecule is COC(=O)COc1ncccc1C(=O)O. The first-order valence-electron chi connectivity index (χ1n) is 4.03. The predicted molar refractivity (Wildman–Crippen MR) is 48.7 cm³/mol. The van der Waals surface area contributed by atoms with Crippen LogP contribution in [0.2, 0.25) is 0 Å². The van der Waals surface area contributed by atoms with Crippen molar-refractivity contribution in [2.75, 3.05) is 13.7 Å². The molecule has 0 fully saturated rings. The summed E-state index contributed by atoms with van der Waals surface area (Å²) in [5.41, 5.74) is -0.0959. The van der Waals surface area contributed by atoms with Crippen LogP contribution in [0.25, 0.3) is 0 Å². The van der Waals surface area contributed by atoms with Crippen molar-refractivity contribution in [3.05, 3.63) is 23.9 Å². The number of hydrogen-bond donors (Lipinski definition) is 1. The molecule has 1 heterocycles. The van der Waals surface area contributed by atoms with Gasteiger partial charge in [0, 0.05) is 6.20 Å². The molecule has 0 aliphatic rings. The van der Waals surface area contributed by atoms with E-state index in [1.165, 1.54) is 25.4 Å². The topological polar surface area (TPSA) is 85.7 Å². The van der Waals surface area contributed by atoms with E-state index < -0.39 is 11.9 Å². The Balaban J connectivity index is 2.76. The maximum Gasteiger partial charge on any atom is 0.343 e. The largest absolute Gasteiger partial charge is 0.477 e. The van der Waals surface area contributed by atoms with Gasteiger partial charge in [-0.1, -0.05) is 0 Å². The second kappa shape index (κ2) is 4.94. The zero-order valence-electron chi connectivity index (χ0n) is 7.97. The Hall–Kier alpha value is -2.11. The molecule has 1 aromatic rings. The lowest BCUT2D eigenvalue weighted by Crippen LogP contribution is -2.15. The fourth-order valence-corrected chi connectivity index (χ4v) is 0.855. The fourth-order valence-electron chi connectivity index (χ4n) is 0.855. The molecule has 0 aliphatic heterocycles. The minimum absolute atomic E-state index is 0.0959. The van der Waals surface area contributed by atoms with Crippen LogP contribution in [0, 0.1) is 0 Å². The molecule has 0 amide bonds. The van der Waals surface area contributed by atoms with E-state index in [0.717, 1.165) is 0 Å². The number of carbonyl (C=O) groups is 2. The Morgan fingerprint density at radius 1 is 1.53 bits per heavy atom. The van der Waals surface area contributed by atoms with Gasteiger partial charge in [0.1, 0.15) is 5.56 Å². The Kier molecular flexibility index (Phi) is 3.61. The molecule has 1 N–H and O–H groups in total. The number of ether oxygens (including phenoxy) is 2. The molecule has 0 spiro atoms. The minimum atomic E-state index is -1.16. The van der Waals surface area contributed by atoms with Gasteiger partial charge in [0.2, 0.25) is 5.88 Å². The van der Waals surface area contributed by atoms with Crippen LogP contribution in [0.5, 0.6) is 5.88 Å². The molecule has 6 nitrogen and oxygen atoms in total. The lowest BCUT2D eigenvalue weighted by molar-refractivity contribution is -0.143. The second-order valence-corrected chi connectivity index (χ2v) is 2.53. The quantitative estimate of drug-likeness (QED) is 0.722. The van der Waals surface area contributed by atoms with Crippen molar-refractivity contribution >= 4 is 11.9 Å². The first kappa shape index (κ1) is 11.0. The number of carboxylic acids is 1. The smallest absolute Gasteiger partial charge is 0.343 e. The summed E-state index contributed by atoms with van der Waals surface area (Å²) in [7, 11) is 1.21. The van der Waals surface area contributed by atoms with Crippen molar-refractivity contribution in [3.63, 3.8) is 0 Å². The van der Waals surface area contributed by atoms with Crippen LogP contribution in [0.15, 0.2) is 18.3 Å². The Bertz CT molecular complexity index is 377. The molecule has 6 heteroatoms. The molecule has 0 saturated heterocycles. The van der Waals surface area contributed by atoms with Gasteiger partial charge in [-0.15, -0.1) is 0 Å². The molecule has 0 atom stereocenters. The average molecular weight is 211 g/mol. The summed E-state index contributed by atoms with van der Waals surface area (Å²) in [5.74, 6) is -1.87. The molecule has 15 heavy (non-hydrogen) atoms. The van der Waals surface area contributed by atoms with Crippen molar-refractivity contribution in [1.82, 2.24) is 4.98 Å². The monoisotopic (exact) mass is 211 g/mol. The van der Waals surface area contributed by atoms with Crippen LogP contribution >= 0.6 is 0 Å². The molecular weight excluding hydrogens is 202 g/mol. The molecular formula is C9H9NO5. The summed E-state index contributed by atoms with van der Waals surface area (Å²) in [5, 5.41) is 8.75. The maximum atomic E-state index is 10.7. The van der Waals surface area contributed by atoms with E-state index >= 15 is 0 Å². The zero-order chi connectivity index (χ0) is 11.3. The van der Waals surface area contributed by atoms with Gasteiger partial charge in [-0.3, -0.25) is 0 Å². The van der Waals surface area contributed by atoms with Gasteiger partial charge in [0.05, 0.1) is 7.11 Å². The zero-order valence-corrected chi connectivity index (χ0v) is 7.97. The lowest BCUT2D eigenvalue weighted by Gasteiger charge is -2.05. The normalized spacial score (nSPS) is 9.40. The van der Waals surface area contributed by atoms with Crippen molar-refractivity contribution < 1.29 is 24.2 Å². The third kappa shape index (κ3) is 2.94. The molecule has 0 aromatic carbocycles. The van der Waals surface area contributed by atoms with E-state index in [9.17, 15) is 9.59 Å². The molecule has 0 bridgehead atoms. The van der Waals surface area contributed by atoms with E-state index in [1.807, 2.05) is 0 Å². The van der Waals surface area contributed by atoms with Gasteiger partial charge >= 0.3 is 11.9 Å². The van der Waals surface area contributed by atoms with Crippen molar-refractivity contribution in [3.8, 4) is 5.88 Å². The number of carboxylic acid groups (broad SMARTS) is 1. The van der Waals surface area contributed by atoms with E-state index in [-0.39, 0.29) is 18.1 Å². The highest BCUT2D eigenvalue weighted by molar-refractivity contribution is 5.90. The van der Waals surface area contributed by atoms with Crippen LogP contribution in [0.4, 0.5) is 0 Å². The molecule has 1 aromatic heterocycles. The highest BCUT2D eigenvalue weighted by atomic mass is 16.6. The van der Waals surface area contributed by atoms with E-state index in [4.69, 9.17) is 9.84 Å².